The molecule has 4 heteroatoms. The molecule has 1 aliphatic heterocycles. The van der Waals surface area contributed by atoms with Gasteiger partial charge in [0.15, 0.2) is 0 Å². The summed E-state index contributed by atoms with van der Waals surface area (Å²) in [7, 11) is 0. The summed E-state index contributed by atoms with van der Waals surface area (Å²) in [5, 5.41) is 11.8. The topological polar surface area (TPSA) is 58.6 Å². The van der Waals surface area contributed by atoms with Gasteiger partial charge in [0.05, 0.1) is 13.2 Å². The molecule has 0 bridgehead atoms. The van der Waals surface area contributed by atoms with Crippen LogP contribution in [-0.4, -0.2) is 36.4 Å². The van der Waals surface area contributed by atoms with E-state index in [1.54, 1.807) is 0 Å². The zero-order valence-electron chi connectivity index (χ0n) is 6.59. The third-order valence-electron chi connectivity index (χ3n) is 2.07. The number of carbonyl (C=O) groups is 1. The van der Waals surface area contributed by atoms with Gasteiger partial charge in [0, 0.05) is 6.54 Å². The number of morpholine rings is 1. The van der Waals surface area contributed by atoms with Crippen molar-refractivity contribution in [2.75, 3.05) is 19.8 Å². The third kappa shape index (κ3) is 1.52. The van der Waals surface area contributed by atoms with Crippen molar-refractivity contribution in [2.24, 2.45) is 0 Å². The SMILES string of the molecule is CC[C@@]1(C(=O)O)COCCN1. The summed E-state index contributed by atoms with van der Waals surface area (Å²) in [5.74, 6) is -0.820. The van der Waals surface area contributed by atoms with Gasteiger partial charge < -0.3 is 9.84 Å². The molecule has 0 aromatic rings. The van der Waals surface area contributed by atoms with E-state index in [2.05, 4.69) is 5.32 Å². The summed E-state index contributed by atoms with van der Waals surface area (Å²) in [6.07, 6.45) is 0.558. The van der Waals surface area contributed by atoms with E-state index in [0.717, 1.165) is 0 Å². The molecule has 1 saturated heterocycles. The molecule has 0 aromatic carbocycles. The zero-order valence-corrected chi connectivity index (χ0v) is 6.59. The van der Waals surface area contributed by atoms with Gasteiger partial charge in [0.2, 0.25) is 0 Å². The number of carboxylic acids is 1. The quantitative estimate of drug-likeness (QED) is 0.587. The van der Waals surface area contributed by atoms with Gasteiger partial charge in [0.25, 0.3) is 0 Å². The normalized spacial score (nSPS) is 31.7. The van der Waals surface area contributed by atoms with Crippen molar-refractivity contribution in [1.82, 2.24) is 5.32 Å². The summed E-state index contributed by atoms with van der Waals surface area (Å²) >= 11 is 0. The monoisotopic (exact) mass is 159 g/mol. The minimum absolute atomic E-state index is 0.277. The Morgan fingerprint density at radius 2 is 2.55 bits per heavy atom. The Hall–Kier alpha value is -0.610. The van der Waals surface area contributed by atoms with Crippen LogP contribution in [-0.2, 0) is 9.53 Å². The molecule has 64 valence electrons. The second-order valence-electron chi connectivity index (χ2n) is 2.72. The molecule has 0 amide bonds. The lowest BCUT2D eigenvalue weighted by Crippen LogP contribution is -2.59. The van der Waals surface area contributed by atoms with Crippen molar-refractivity contribution >= 4 is 5.97 Å². The minimum Gasteiger partial charge on any atom is -0.480 e. The van der Waals surface area contributed by atoms with Crippen molar-refractivity contribution in [2.45, 2.75) is 18.9 Å². The summed E-state index contributed by atoms with van der Waals surface area (Å²) in [4.78, 5) is 10.8. The lowest BCUT2D eigenvalue weighted by atomic mass is 9.96. The van der Waals surface area contributed by atoms with Crippen molar-refractivity contribution in [1.29, 1.82) is 0 Å². The van der Waals surface area contributed by atoms with Crippen LogP contribution < -0.4 is 5.32 Å². The second kappa shape index (κ2) is 3.19. The fraction of sp³-hybridized carbons (Fsp3) is 0.857. The van der Waals surface area contributed by atoms with Gasteiger partial charge in [0.1, 0.15) is 5.54 Å². The molecular weight excluding hydrogens is 146 g/mol. The highest BCUT2D eigenvalue weighted by atomic mass is 16.5. The van der Waals surface area contributed by atoms with Gasteiger partial charge in [-0.15, -0.1) is 0 Å². The Morgan fingerprint density at radius 1 is 1.82 bits per heavy atom. The Labute approximate surface area is 65.5 Å². The Balaban J connectivity index is 2.64. The smallest absolute Gasteiger partial charge is 0.326 e. The molecule has 1 heterocycles. The highest BCUT2D eigenvalue weighted by Crippen LogP contribution is 2.13. The number of nitrogens with one attached hydrogen (secondary N) is 1. The molecular formula is C7H13NO3. The molecule has 0 spiro atoms. The van der Waals surface area contributed by atoms with Crippen LogP contribution in [0.1, 0.15) is 13.3 Å². The standard InChI is InChI=1S/C7H13NO3/c1-2-7(6(9)10)5-11-4-3-8-7/h8H,2-5H2,1H3,(H,9,10)/t7-/m0/s1. The van der Waals surface area contributed by atoms with Crippen LogP contribution in [0, 0.1) is 0 Å². The molecule has 2 N–H and O–H groups in total. The maximum absolute atomic E-state index is 10.8. The Kier molecular flexibility index (Phi) is 2.46. The largest absolute Gasteiger partial charge is 0.480 e. The van der Waals surface area contributed by atoms with Crippen LogP contribution in [0.3, 0.4) is 0 Å². The van der Waals surface area contributed by atoms with Crippen molar-refractivity contribution in [3.05, 3.63) is 0 Å². The second-order valence-corrected chi connectivity index (χ2v) is 2.72. The fourth-order valence-electron chi connectivity index (χ4n) is 1.18. The fourth-order valence-corrected chi connectivity index (χ4v) is 1.18. The highest BCUT2D eigenvalue weighted by Gasteiger charge is 2.38. The maximum atomic E-state index is 10.8. The van der Waals surface area contributed by atoms with Crippen LogP contribution in [0.2, 0.25) is 0 Å². The summed E-state index contributed by atoms with van der Waals surface area (Å²) in [5.41, 5.74) is -0.835. The van der Waals surface area contributed by atoms with Crippen molar-refractivity contribution in [3.8, 4) is 0 Å². The molecule has 0 saturated carbocycles. The van der Waals surface area contributed by atoms with Crippen LogP contribution in [0.5, 0.6) is 0 Å². The van der Waals surface area contributed by atoms with Gasteiger partial charge in [-0.2, -0.15) is 0 Å². The van der Waals surface area contributed by atoms with Crippen molar-refractivity contribution in [3.63, 3.8) is 0 Å². The van der Waals surface area contributed by atoms with Crippen LogP contribution in [0.25, 0.3) is 0 Å². The average Bonchev–Trinajstić information content (AvgIpc) is 2.05. The van der Waals surface area contributed by atoms with E-state index in [1.807, 2.05) is 6.92 Å². The van der Waals surface area contributed by atoms with Crippen LogP contribution >= 0.6 is 0 Å². The van der Waals surface area contributed by atoms with E-state index in [9.17, 15) is 4.79 Å². The third-order valence-corrected chi connectivity index (χ3v) is 2.07. The lowest BCUT2D eigenvalue weighted by Gasteiger charge is -2.33. The highest BCUT2D eigenvalue weighted by molar-refractivity contribution is 5.79. The Morgan fingerprint density at radius 3 is 2.82 bits per heavy atom. The van der Waals surface area contributed by atoms with E-state index < -0.39 is 11.5 Å². The average molecular weight is 159 g/mol. The van der Waals surface area contributed by atoms with Crippen molar-refractivity contribution < 1.29 is 14.6 Å². The van der Waals surface area contributed by atoms with E-state index in [-0.39, 0.29) is 6.61 Å². The molecule has 1 aliphatic rings. The number of carboxylic acid groups (broad SMARTS) is 1. The zero-order chi connectivity index (χ0) is 8.32. The summed E-state index contributed by atoms with van der Waals surface area (Å²) in [6, 6.07) is 0. The molecule has 11 heavy (non-hydrogen) atoms. The summed E-state index contributed by atoms with van der Waals surface area (Å²) < 4.78 is 5.09. The van der Waals surface area contributed by atoms with Gasteiger partial charge in [-0.25, -0.2) is 0 Å². The molecule has 4 nitrogen and oxygen atoms in total. The maximum Gasteiger partial charge on any atom is 0.326 e. The first-order valence-corrected chi connectivity index (χ1v) is 3.77. The van der Waals surface area contributed by atoms with Gasteiger partial charge in [-0.3, -0.25) is 10.1 Å². The van der Waals surface area contributed by atoms with E-state index in [4.69, 9.17) is 9.84 Å². The number of hydrogen-bond acceptors (Lipinski definition) is 3. The van der Waals surface area contributed by atoms with E-state index in [0.29, 0.717) is 19.6 Å². The molecule has 0 aliphatic carbocycles. The first-order chi connectivity index (χ1) is 5.21. The molecule has 0 aromatic heterocycles. The summed E-state index contributed by atoms with van der Waals surface area (Å²) in [6.45, 7) is 3.35. The van der Waals surface area contributed by atoms with E-state index >= 15 is 0 Å². The van der Waals surface area contributed by atoms with Crippen LogP contribution in [0.15, 0.2) is 0 Å². The lowest BCUT2D eigenvalue weighted by molar-refractivity contribution is -0.150. The molecule has 1 rings (SSSR count). The van der Waals surface area contributed by atoms with E-state index in [1.165, 1.54) is 0 Å². The number of rotatable bonds is 2. The number of hydrogen-bond donors (Lipinski definition) is 2. The predicted molar refractivity (Wildman–Crippen MR) is 39.5 cm³/mol. The molecule has 1 fully saturated rings. The number of aliphatic carboxylic acids is 1. The minimum atomic E-state index is -0.835. The molecule has 0 radical (unpaired) electrons. The van der Waals surface area contributed by atoms with Gasteiger partial charge in [-0.05, 0) is 6.42 Å². The first-order valence-electron chi connectivity index (χ1n) is 3.77. The molecule has 0 unspecified atom stereocenters. The number of ether oxygens (including phenoxy) is 1. The first kappa shape index (κ1) is 8.49. The Bertz CT molecular complexity index is 152. The van der Waals surface area contributed by atoms with Gasteiger partial charge in [-0.1, -0.05) is 6.92 Å². The van der Waals surface area contributed by atoms with Crippen LogP contribution in [0.4, 0.5) is 0 Å². The predicted octanol–water partition coefficient (Wildman–Crippen LogP) is -0.160. The molecule has 1 atom stereocenters. The van der Waals surface area contributed by atoms with Gasteiger partial charge >= 0.3 is 5.97 Å².